The molecule has 7 heteroatoms. The average molecular weight is 460 g/mol. The van der Waals surface area contributed by atoms with Gasteiger partial charge in [0.15, 0.2) is 0 Å². The third-order valence-corrected chi connectivity index (χ3v) is 6.88. The number of aryl methyl sites for hydroxylation is 1. The highest BCUT2D eigenvalue weighted by Crippen LogP contribution is 2.29. The molecule has 1 aromatic heterocycles. The highest BCUT2D eigenvalue weighted by molar-refractivity contribution is 5.94. The molecule has 3 aromatic rings. The molecular weight excluding hydrogens is 426 g/mol. The Hall–Kier alpha value is -3.45. The van der Waals surface area contributed by atoms with E-state index in [9.17, 15) is 9.59 Å². The molecule has 1 atom stereocenters. The Kier molecular flexibility index (Phi) is 7.43. The minimum absolute atomic E-state index is 0.0134. The van der Waals surface area contributed by atoms with Crippen molar-refractivity contribution in [2.45, 2.75) is 45.1 Å². The minimum Gasteiger partial charge on any atom is -0.366 e. The van der Waals surface area contributed by atoms with E-state index >= 15 is 0 Å². The molecule has 1 aliphatic rings. The molecule has 1 saturated carbocycles. The van der Waals surface area contributed by atoms with Crippen molar-refractivity contribution in [2.24, 2.45) is 23.3 Å². The Morgan fingerprint density at radius 3 is 2.50 bits per heavy atom. The monoisotopic (exact) mass is 459 g/mol. The number of rotatable bonds is 8. The maximum absolute atomic E-state index is 13.2. The van der Waals surface area contributed by atoms with Gasteiger partial charge in [0.1, 0.15) is 5.82 Å². The van der Waals surface area contributed by atoms with E-state index in [0.717, 1.165) is 48.1 Å². The molecule has 2 amide bonds. The first-order chi connectivity index (χ1) is 16.4. The summed E-state index contributed by atoms with van der Waals surface area (Å²) in [6, 6.07) is 15.3. The van der Waals surface area contributed by atoms with E-state index in [1.54, 1.807) is 12.3 Å². The molecule has 4 rings (SSSR count). The van der Waals surface area contributed by atoms with Crippen LogP contribution in [-0.2, 0) is 11.2 Å². The molecule has 1 fully saturated rings. The number of hydrogen-bond donors (Lipinski definition) is 4. The van der Waals surface area contributed by atoms with Gasteiger partial charge in [-0.2, -0.15) is 0 Å². The Morgan fingerprint density at radius 1 is 1.12 bits per heavy atom. The van der Waals surface area contributed by atoms with E-state index in [-0.39, 0.29) is 17.9 Å². The number of aromatic nitrogens is 2. The van der Waals surface area contributed by atoms with Gasteiger partial charge in [0.25, 0.3) is 0 Å². The van der Waals surface area contributed by atoms with Crippen LogP contribution in [0.15, 0.2) is 54.7 Å². The average Bonchev–Trinajstić information content (AvgIpc) is 3.34. The summed E-state index contributed by atoms with van der Waals surface area (Å²) < 4.78 is 0. The fourth-order valence-corrected chi connectivity index (χ4v) is 4.78. The highest BCUT2D eigenvalue weighted by atomic mass is 16.2. The van der Waals surface area contributed by atoms with Crippen LogP contribution in [0.5, 0.6) is 0 Å². The van der Waals surface area contributed by atoms with Crippen LogP contribution in [0.3, 0.4) is 0 Å². The lowest BCUT2D eigenvalue weighted by atomic mass is 9.81. The molecule has 1 heterocycles. The van der Waals surface area contributed by atoms with E-state index in [4.69, 9.17) is 11.5 Å². The SMILES string of the molecule is Cc1cc(-c2cnc([C@H](Cc3ccccc3)NC(=O)C3CCC(CN)CC3)[nH]2)ccc1C(N)=O. The van der Waals surface area contributed by atoms with E-state index in [1.807, 2.05) is 37.3 Å². The summed E-state index contributed by atoms with van der Waals surface area (Å²) in [4.78, 5) is 32.7. The second kappa shape index (κ2) is 10.7. The van der Waals surface area contributed by atoms with Crippen molar-refractivity contribution in [3.8, 4) is 11.3 Å². The van der Waals surface area contributed by atoms with Gasteiger partial charge >= 0.3 is 0 Å². The standard InChI is InChI=1S/C27H33N5O2/c1-17-13-21(11-12-22(17)25(29)33)24-16-30-26(31-24)23(14-18-5-3-2-4-6-18)32-27(34)20-9-7-19(15-28)8-10-20/h2-6,11-13,16,19-20,23H,7-10,14-15,28H2,1H3,(H2,29,33)(H,30,31)(H,32,34)/t19?,20?,23-/m0/s1. The summed E-state index contributed by atoms with van der Waals surface area (Å²) >= 11 is 0. The summed E-state index contributed by atoms with van der Waals surface area (Å²) in [5.41, 5.74) is 15.4. The number of hydrogen-bond acceptors (Lipinski definition) is 4. The summed E-state index contributed by atoms with van der Waals surface area (Å²) in [5, 5.41) is 3.26. The van der Waals surface area contributed by atoms with Gasteiger partial charge in [0.05, 0.1) is 17.9 Å². The minimum atomic E-state index is -0.444. The third kappa shape index (κ3) is 5.54. The van der Waals surface area contributed by atoms with Gasteiger partial charge < -0.3 is 21.8 Å². The van der Waals surface area contributed by atoms with E-state index in [2.05, 4.69) is 27.4 Å². The van der Waals surface area contributed by atoms with Gasteiger partial charge in [0, 0.05) is 11.5 Å². The van der Waals surface area contributed by atoms with Crippen LogP contribution in [0.4, 0.5) is 0 Å². The predicted molar refractivity (Wildman–Crippen MR) is 133 cm³/mol. The summed E-state index contributed by atoms with van der Waals surface area (Å²) in [5.74, 6) is 0.886. The smallest absolute Gasteiger partial charge is 0.248 e. The topological polar surface area (TPSA) is 127 Å². The first-order valence-corrected chi connectivity index (χ1v) is 11.9. The van der Waals surface area contributed by atoms with Gasteiger partial charge in [-0.25, -0.2) is 4.98 Å². The summed E-state index contributed by atoms with van der Waals surface area (Å²) in [6.45, 7) is 2.55. The van der Waals surface area contributed by atoms with E-state index < -0.39 is 5.91 Å². The molecular formula is C27H33N5O2. The molecule has 178 valence electrons. The van der Waals surface area contributed by atoms with Gasteiger partial charge in [-0.05, 0) is 80.3 Å². The zero-order valence-corrected chi connectivity index (χ0v) is 19.6. The van der Waals surface area contributed by atoms with Crippen LogP contribution >= 0.6 is 0 Å². The number of nitrogens with zero attached hydrogens (tertiary/aromatic N) is 1. The first-order valence-electron chi connectivity index (χ1n) is 11.9. The van der Waals surface area contributed by atoms with Crippen molar-refractivity contribution < 1.29 is 9.59 Å². The number of carbonyl (C=O) groups is 2. The van der Waals surface area contributed by atoms with Crippen molar-refractivity contribution in [3.05, 3.63) is 77.2 Å². The number of nitrogens with one attached hydrogen (secondary N) is 2. The highest BCUT2D eigenvalue weighted by Gasteiger charge is 2.28. The normalized spacial score (nSPS) is 18.9. The zero-order chi connectivity index (χ0) is 24.1. The fraction of sp³-hybridized carbons (Fsp3) is 0.370. The van der Waals surface area contributed by atoms with Crippen LogP contribution in [-0.4, -0.2) is 28.3 Å². The van der Waals surface area contributed by atoms with E-state index in [0.29, 0.717) is 30.3 Å². The largest absolute Gasteiger partial charge is 0.366 e. The number of primary amides is 1. The van der Waals surface area contributed by atoms with Crippen LogP contribution < -0.4 is 16.8 Å². The molecule has 0 bridgehead atoms. The summed E-state index contributed by atoms with van der Waals surface area (Å²) in [6.07, 6.45) is 6.16. The Bertz CT molecular complexity index is 1130. The van der Waals surface area contributed by atoms with Crippen LogP contribution in [0, 0.1) is 18.8 Å². The van der Waals surface area contributed by atoms with Crippen molar-refractivity contribution in [1.29, 1.82) is 0 Å². The predicted octanol–water partition coefficient (Wildman–Crippen LogP) is 3.65. The number of H-pyrrole nitrogens is 1. The number of imidazole rings is 1. The van der Waals surface area contributed by atoms with Crippen LogP contribution in [0.25, 0.3) is 11.3 Å². The van der Waals surface area contributed by atoms with Crippen LogP contribution in [0.1, 0.15) is 59.0 Å². The second-order valence-electron chi connectivity index (χ2n) is 9.28. The molecule has 0 saturated heterocycles. The maximum atomic E-state index is 13.2. The molecule has 1 aliphatic carbocycles. The van der Waals surface area contributed by atoms with Crippen molar-refractivity contribution >= 4 is 11.8 Å². The lowest BCUT2D eigenvalue weighted by Gasteiger charge is -2.28. The maximum Gasteiger partial charge on any atom is 0.248 e. The fourth-order valence-electron chi connectivity index (χ4n) is 4.78. The number of benzene rings is 2. The van der Waals surface area contributed by atoms with Crippen molar-refractivity contribution in [2.75, 3.05) is 6.54 Å². The Balaban J connectivity index is 1.55. The quantitative estimate of drug-likeness (QED) is 0.410. The summed E-state index contributed by atoms with van der Waals surface area (Å²) in [7, 11) is 0. The molecule has 6 N–H and O–H groups in total. The van der Waals surface area contributed by atoms with E-state index in [1.165, 1.54) is 0 Å². The van der Waals surface area contributed by atoms with Gasteiger partial charge in [-0.1, -0.05) is 36.4 Å². The molecule has 34 heavy (non-hydrogen) atoms. The number of nitrogens with two attached hydrogens (primary N) is 2. The van der Waals surface area contributed by atoms with Gasteiger partial charge in [-0.3, -0.25) is 9.59 Å². The molecule has 0 spiro atoms. The third-order valence-electron chi connectivity index (χ3n) is 6.88. The number of amides is 2. The molecule has 7 nitrogen and oxygen atoms in total. The lowest BCUT2D eigenvalue weighted by molar-refractivity contribution is -0.127. The first kappa shape index (κ1) is 23.7. The second-order valence-corrected chi connectivity index (χ2v) is 9.28. The lowest BCUT2D eigenvalue weighted by Crippen LogP contribution is -2.37. The van der Waals surface area contributed by atoms with Crippen molar-refractivity contribution in [3.63, 3.8) is 0 Å². The van der Waals surface area contributed by atoms with Gasteiger partial charge in [0.2, 0.25) is 11.8 Å². The number of carbonyl (C=O) groups excluding carboxylic acids is 2. The number of aromatic amines is 1. The molecule has 0 unspecified atom stereocenters. The van der Waals surface area contributed by atoms with Crippen LogP contribution in [0.2, 0.25) is 0 Å². The molecule has 0 aliphatic heterocycles. The molecule has 0 radical (unpaired) electrons. The van der Waals surface area contributed by atoms with Crippen molar-refractivity contribution in [1.82, 2.24) is 15.3 Å². The van der Waals surface area contributed by atoms with Gasteiger partial charge in [-0.15, -0.1) is 0 Å². The molecule has 2 aromatic carbocycles. The zero-order valence-electron chi connectivity index (χ0n) is 19.6. The Labute approximate surface area is 200 Å². The Morgan fingerprint density at radius 2 is 1.85 bits per heavy atom.